The number of halogens is 4. The van der Waals surface area contributed by atoms with Gasteiger partial charge in [-0.25, -0.2) is 9.37 Å². The highest BCUT2D eigenvalue weighted by molar-refractivity contribution is 6.06. The standard InChI is InChI=1S/C21H23F4N3O2/c1-13-8-9-20(28-11-13,18(29)14-5-3-7-16(22)17(14)30-2)12-27-19-15(21(23,24)25)6-4-10-26-19/h3-7,10,13,28H,8-9,11-12H2,1-2H3,(H,26,27)/t13-,20-/m0/s1. The Morgan fingerprint density at radius 2 is 2.10 bits per heavy atom. The molecule has 0 aliphatic carbocycles. The predicted octanol–water partition coefficient (Wildman–Crippen LogP) is 4.30. The molecule has 3 rings (SSSR count). The number of Topliss-reactive ketones (excluding diaryl/α,β-unsaturated/α-hetero) is 1. The van der Waals surface area contributed by atoms with Crippen LogP contribution in [0, 0.1) is 11.7 Å². The van der Waals surface area contributed by atoms with Crippen molar-refractivity contribution in [1.82, 2.24) is 10.3 Å². The largest absolute Gasteiger partial charge is 0.493 e. The van der Waals surface area contributed by atoms with E-state index < -0.39 is 28.9 Å². The fraction of sp³-hybridized carbons (Fsp3) is 0.429. The van der Waals surface area contributed by atoms with Crippen molar-refractivity contribution in [2.75, 3.05) is 25.5 Å². The molecule has 30 heavy (non-hydrogen) atoms. The quantitative estimate of drug-likeness (QED) is 0.534. The Labute approximate surface area is 171 Å². The van der Waals surface area contributed by atoms with E-state index in [0.29, 0.717) is 25.3 Å². The number of aromatic nitrogens is 1. The van der Waals surface area contributed by atoms with Gasteiger partial charge < -0.3 is 15.4 Å². The van der Waals surface area contributed by atoms with Crippen LogP contribution in [0.5, 0.6) is 5.75 Å². The van der Waals surface area contributed by atoms with Crippen LogP contribution in [0.1, 0.15) is 35.7 Å². The van der Waals surface area contributed by atoms with E-state index in [1.165, 1.54) is 37.6 Å². The number of carbonyl (C=O) groups is 1. The van der Waals surface area contributed by atoms with Crippen LogP contribution >= 0.6 is 0 Å². The molecule has 1 aromatic heterocycles. The Morgan fingerprint density at radius 1 is 1.33 bits per heavy atom. The van der Waals surface area contributed by atoms with E-state index in [2.05, 4.69) is 15.6 Å². The van der Waals surface area contributed by atoms with Crippen molar-refractivity contribution in [2.45, 2.75) is 31.5 Å². The average molecular weight is 425 g/mol. The lowest BCUT2D eigenvalue weighted by Gasteiger charge is -2.40. The van der Waals surface area contributed by atoms with Crippen molar-refractivity contribution in [3.63, 3.8) is 0 Å². The van der Waals surface area contributed by atoms with Crippen LogP contribution in [-0.2, 0) is 6.18 Å². The molecule has 1 fully saturated rings. The SMILES string of the molecule is COc1c(F)cccc1C(=O)[C@@]1(CNc2ncccc2C(F)(F)F)CC[C@H](C)CN1. The van der Waals surface area contributed by atoms with Gasteiger partial charge in [0.2, 0.25) is 0 Å². The molecule has 1 saturated heterocycles. The molecule has 1 aromatic carbocycles. The van der Waals surface area contributed by atoms with E-state index in [-0.39, 0.29) is 23.7 Å². The zero-order valence-electron chi connectivity index (χ0n) is 16.6. The predicted molar refractivity (Wildman–Crippen MR) is 104 cm³/mol. The van der Waals surface area contributed by atoms with Crippen LogP contribution in [0.4, 0.5) is 23.4 Å². The van der Waals surface area contributed by atoms with E-state index in [9.17, 15) is 22.4 Å². The Bertz CT molecular complexity index is 909. The normalized spacial score (nSPS) is 21.9. The number of carbonyl (C=O) groups excluding carboxylic acids is 1. The lowest BCUT2D eigenvalue weighted by atomic mass is 9.79. The molecule has 2 N–H and O–H groups in total. The second-order valence-electron chi connectivity index (χ2n) is 7.51. The highest BCUT2D eigenvalue weighted by atomic mass is 19.4. The lowest BCUT2D eigenvalue weighted by Crippen LogP contribution is -2.60. The molecule has 0 saturated carbocycles. The number of ketones is 1. The molecule has 2 heterocycles. The third kappa shape index (κ3) is 4.40. The zero-order chi connectivity index (χ0) is 21.9. The van der Waals surface area contributed by atoms with Gasteiger partial charge in [-0.3, -0.25) is 4.79 Å². The minimum absolute atomic E-state index is 0.0402. The van der Waals surface area contributed by atoms with Crippen molar-refractivity contribution >= 4 is 11.6 Å². The summed E-state index contributed by atoms with van der Waals surface area (Å²) in [7, 11) is 1.26. The number of benzene rings is 1. The summed E-state index contributed by atoms with van der Waals surface area (Å²) in [5, 5.41) is 5.88. The molecule has 0 bridgehead atoms. The van der Waals surface area contributed by atoms with Crippen LogP contribution < -0.4 is 15.4 Å². The molecule has 2 atom stereocenters. The van der Waals surface area contributed by atoms with Crippen molar-refractivity contribution < 1.29 is 27.1 Å². The number of alkyl halides is 3. The van der Waals surface area contributed by atoms with Gasteiger partial charge in [-0.15, -0.1) is 0 Å². The average Bonchev–Trinajstić information content (AvgIpc) is 2.72. The smallest absolute Gasteiger partial charge is 0.419 e. The first kappa shape index (κ1) is 22.0. The van der Waals surface area contributed by atoms with Crippen LogP contribution in [0.2, 0.25) is 0 Å². The van der Waals surface area contributed by atoms with Crippen molar-refractivity contribution in [3.8, 4) is 5.75 Å². The molecule has 2 aromatic rings. The van der Waals surface area contributed by atoms with Crippen molar-refractivity contribution in [3.05, 3.63) is 53.5 Å². The van der Waals surface area contributed by atoms with Crippen molar-refractivity contribution in [2.24, 2.45) is 5.92 Å². The minimum atomic E-state index is -4.59. The molecule has 0 spiro atoms. The highest BCUT2D eigenvalue weighted by Gasteiger charge is 2.43. The fourth-order valence-electron chi connectivity index (χ4n) is 3.64. The maximum absolute atomic E-state index is 14.2. The van der Waals surface area contributed by atoms with E-state index in [0.717, 1.165) is 6.07 Å². The summed E-state index contributed by atoms with van der Waals surface area (Å²) in [5.41, 5.74) is -2.10. The number of para-hydroxylation sites is 1. The molecule has 0 radical (unpaired) electrons. The van der Waals surface area contributed by atoms with Gasteiger partial charge in [0.05, 0.1) is 23.8 Å². The van der Waals surface area contributed by atoms with Gasteiger partial charge in [0, 0.05) is 12.7 Å². The molecular weight excluding hydrogens is 402 g/mol. The summed E-state index contributed by atoms with van der Waals surface area (Å²) in [5.74, 6) is -1.37. The number of ether oxygens (including phenoxy) is 1. The number of anilines is 1. The van der Waals surface area contributed by atoms with Gasteiger partial charge in [0.15, 0.2) is 17.3 Å². The third-order valence-corrected chi connectivity index (χ3v) is 5.37. The number of nitrogens with zero attached hydrogens (tertiary/aromatic N) is 1. The maximum Gasteiger partial charge on any atom is 0.419 e. The Hall–Kier alpha value is -2.68. The summed E-state index contributed by atoms with van der Waals surface area (Å²) in [6.07, 6.45) is -2.29. The van der Waals surface area contributed by atoms with Crippen LogP contribution in [0.3, 0.4) is 0 Å². The molecule has 0 amide bonds. The number of pyridine rings is 1. The number of hydrogen-bond acceptors (Lipinski definition) is 5. The van der Waals surface area contributed by atoms with Gasteiger partial charge in [-0.1, -0.05) is 13.0 Å². The number of hydrogen-bond donors (Lipinski definition) is 2. The molecule has 1 aliphatic rings. The first-order valence-electron chi connectivity index (χ1n) is 9.56. The number of methoxy groups -OCH3 is 1. The van der Waals surface area contributed by atoms with Gasteiger partial charge in [-0.05, 0) is 49.6 Å². The maximum atomic E-state index is 14.2. The number of piperidine rings is 1. The van der Waals surface area contributed by atoms with Crippen LogP contribution in [0.25, 0.3) is 0 Å². The highest BCUT2D eigenvalue weighted by Crippen LogP contribution is 2.35. The lowest BCUT2D eigenvalue weighted by molar-refractivity contribution is -0.137. The Morgan fingerprint density at radius 3 is 2.73 bits per heavy atom. The van der Waals surface area contributed by atoms with E-state index in [1.54, 1.807) is 0 Å². The first-order valence-corrected chi connectivity index (χ1v) is 9.56. The van der Waals surface area contributed by atoms with Gasteiger partial charge in [0.1, 0.15) is 5.82 Å². The number of nitrogens with one attached hydrogen (secondary N) is 2. The van der Waals surface area contributed by atoms with E-state index in [1.807, 2.05) is 6.92 Å². The summed E-state index contributed by atoms with van der Waals surface area (Å²) in [6.45, 7) is 2.37. The summed E-state index contributed by atoms with van der Waals surface area (Å²) in [4.78, 5) is 17.3. The summed E-state index contributed by atoms with van der Waals surface area (Å²) in [6, 6.07) is 6.16. The minimum Gasteiger partial charge on any atom is -0.493 e. The van der Waals surface area contributed by atoms with Gasteiger partial charge >= 0.3 is 6.18 Å². The first-order chi connectivity index (χ1) is 14.2. The molecule has 1 aliphatic heterocycles. The topological polar surface area (TPSA) is 63.2 Å². The second-order valence-corrected chi connectivity index (χ2v) is 7.51. The zero-order valence-corrected chi connectivity index (χ0v) is 16.6. The molecule has 5 nitrogen and oxygen atoms in total. The van der Waals surface area contributed by atoms with Gasteiger partial charge in [0.25, 0.3) is 0 Å². The molecule has 9 heteroatoms. The van der Waals surface area contributed by atoms with Gasteiger partial charge in [-0.2, -0.15) is 13.2 Å². The summed E-state index contributed by atoms with van der Waals surface area (Å²) < 4.78 is 59.1. The second kappa shape index (κ2) is 8.59. The van der Waals surface area contributed by atoms with E-state index >= 15 is 0 Å². The third-order valence-electron chi connectivity index (χ3n) is 5.37. The van der Waals surface area contributed by atoms with Crippen LogP contribution in [-0.4, -0.2) is 36.5 Å². The Balaban J connectivity index is 1.95. The molecular formula is C21H23F4N3O2. The van der Waals surface area contributed by atoms with Crippen LogP contribution in [0.15, 0.2) is 36.5 Å². The summed E-state index contributed by atoms with van der Waals surface area (Å²) >= 11 is 0. The Kier molecular flexibility index (Phi) is 6.30. The monoisotopic (exact) mass is 425 g/mol. The fourth-order valence-corrected chi connectivity index (χ4v) is 3.64. The molecule has 162 valence electrons. The molecule has 0 unspecified atom stereocenters. The number of rotatable bonds is 6. The van der Waals surface area contributed by atoms with E-state index in [4.69, 9.17) is 4.74 Å². The van der Waals surface area contributed by atoms with Crippen molar-refractivity contribution in [1.29, 1.82) is 0 Å².